The van der Waals surface area contributed by atoms with Gasteiger partial charge in [0.15, 0.2) is 11.5 Å². The van der Waals surface area contributed by atoms with Gasteiger partial charge in [0.2, 0.25) is 11.8 Å². The largest absolute Gasteiger partial charge is 0.493 e. The summed E-state index contributed by atoms with van der Waals surface area (Å²) in [5, 5.41) is 7.16. The van der Waals surface area contributed by atoms with Gasteiger partial charge in [-0.1, -0.05) is 45.7 Å². The number of hydrogen-bond acceptors (Lipinski definition) is 5. The predicted octanol–water partition coefficient (Wildman–Crippen LogP) is 5.56. The minimum atomic E-state index is -0.376. The molecule has 0 atom stereocenters. The Kier molecular flexibility index (Phi) is 9.49. The summed E-state index contributed by atoms with van der Waals surface area (Å²) >= 11 is 9.30. The number of amides is 2. The van der Waals surface area contributed by atoms with Gasteiger partial charge in [-0.25, -0.2) is 5.43 Å². The van der Waals surface area contributed by atoms with Crippen LogP contribution in [0.15, 0.2) is 76.3 Å². The van der Waals surface area contributed by atoms with Crippen molar-refractivity contribution in [2.75, 3.05) is 12.4 Å². The molecule has 0 saturated heterocycles. The van der Waals surface area contributed by atoms with E-state index in [0.29, 0.717) is 34.4 Å². The second-order valence-corrected chi connectivity index (χ2v) is 8.53. The van der Waals surface area contributed by atoms with E-state index in [4.69, 9.17) is 21.1 Å². The first kappa shape index (κ1) is 25.3. The van der Waals surface area contributed by atoms with Gasteiger partial charge in [0, 0.05) is 28.0 Å². The highest BCUT2D eigenvalue weighted by Gasteiger charge is 2.08. The van der Waals surface area contributed by atoms with E-state index in [1.807, 2.05) is 24.3 Å². The van der Waals surface area contributed by atoms with Crippen LogP contribution < -0.4 is 20.2 Å². The molecule has 176 valence electrons. The Balaban J connectivity index is 1.46. The van der Waals surface area contributed by atoms with Crippen molar-refractivity contribution in [3.63, 3.8) is 0 Å². The summed E-state index contributed by atoms with van der Waals surface area (Å²) in [6, 6.07) is 20.0. The molecule has 3 aromatic carbocycles. The molecule has 34 heavy (non-hydrogen) atoms. The summed E-state index contributed by atoms with van der Waals surface area (Å²) in [4.78, 5) is 24.0. The van der Waals surface area contributed by atoms with Crippen LogP contribution in [0.25, 0.3) is 0 Å². The highest BCUT2D eigenvalue weighted by Crippen LogP contribution is 2.28. The molecule has 3 aromatic rings. The SMILES string of the molecule is COc1cc(C=NNC(=O)CCC(=O)Nc2cccc(Cl)c2)ccc1OCc1ccc(Br)cc1. The molecule has 7 nitrogen and oxygen atoms in total. The Morgan fingerprint density at radius 3 is 2.50 bits per heavy atom. The lowest BCUT2D eigenvalue weighted by atomic mass is 10.2. The summed E-state index contributed by atoms with van der Waals surface area (Å²) in [6.45, 7) is 0.401. The maximum Gasteiger partial charge on any atom is 0.240 e. The zero-order chi connectivity index (χ0) is 24.3. The molecule has 0 aromatic heterocycles. The number of anilines is 1. The number of benzene rings is 3. The molecule has 0 heterocycles. The van der Waals surface area contributed by atoms with E-state index in [1.54, 1.807) is 49.6 Å². The van der Waals surface area contributed by atoms with Crippen LogP contribution in [0.4, 0.5) is 5.69 Å². The number of ether oxygens (including phenoxy) is 2. The Bertz CT molecular complexity index is 1170. The lowest BCUT2D eigenvalue weighted by Crippen LogP contribution is -2.20. The molecular weight excluding hydrogens is 522 g/mol. The highest BCUT2D eigenvalue weighted by molar-refractivity contribution is 9.10. The Labute approximate surface area is 211 Å². The third-order valence-electron chi connectivity index (χ3n) is 4.59. The van der Waals surface area contributed by atoms with Crippen LogP contribution >= 0.6 is 27.5 Å². The van der Waals surface area contributed by atoms with Gasteiger partial charge in [-0.3, -0.25) is 9.59 Å². The molecule has 0 aliphatic heterocycles. The van der Waals surface area contributed by atoms with Crippen molar-refractivity contribution >= 4 is 51.2 Å². The molecule has 0 bridgehead atoms. The first-order chi connectivity index (χ1) is 16.4. The van der Waals surface area contributed by atoms with Crippen molar-refractivity contribution in [2.24, 2.45) is 5.10 Å². The Hall–Kier alpha value is -3.36. The molecule has 0 aliphatic carbocycles. The van der Waals surface area contributed by atoms with Gasteiger partial charge < -0.3 is 14.8 Å². The van der Waals surface area contributed by atoms with Crippen molar-refractivity contribution < 1.29 is 19.1 Å². The monoisotopic (exact) mass is 543 g/mol. The molecule has 0 unspecified atom stereocenters. The predicted molar refractivity (Wildman–Crippen MR) is 137 cm³/mol. The zero-order valence-corrected chi connectivity index (χ0v) is 20.7. The first-order valence-corrected chi connectivity index (χ1v) is 11.5. The van der Waals surface area contributed by atoms with Crippen LogP contribution in [0.5, 0.6) is 11.5 Å². The van der Waals surface area contributed by atoms with Crippen LogP contribution in [-0.2, 0) is 16.2 Å². The number of carbonyl (C=O) groups excluding carboxylic acids is 2. The van der Waals surface area contributed by atoms with Crippen molar-refractivity contribution in [3.05, 3.63) is 87.4 Å². The van der Waals surface area contributed by atoms with E-state index in [0.717, 1.165) is 10.0 Å². The number of carbonyl (C=O) groups is 2. The molecule has 3 rings (SSSR count). The van der Waals surface area contributed by atoms with E-state index in [2.05, 4.69) is 31.8 Å². The lowest BCUT2D eigenvalue weighted by Gasteiger charge is -2.11. The molecular formula is C25H23BrClN3O4. The van der Waals surface area contributed by atoms with Gasteiger partial charge >= 0.3 is 0 Å². The maximum atomic E-state index is 12.0. The number of hydrazone groups is 1. The summed E-state index contributed by atoms with van der Waals surface area (Å²) < 4.78 is 12.3. The number of methoxy groups -OCH3 is 1. The molecule has 9 heteroatoms. The van der Waals surface area contributed by atoms with Crippen LogP contribution in [0, 0.1) is 0 Å². The van der Waals surface area contributed by atoms with Gasteiger partial charge in [-0.2, -0.15) is 5.10 Å². The van der Waals surface area contributed by atoms with Gasteiger partial charge in [0.1, 0.15) is 6.61 Å². The van der Waals surface area contributed by atoms with Gasteiger partial charge in [0.25, 0.3) is 0 Å². The summed E-state index contributed by atoms with van der Waals surface area (Å²) in [5.74, 6) is 0.478. The second-order valence-electron chi connectivity index (χ2n) is 7.18. The van der Waals surface area contributed by atoms with Gasteiger partial charge in [-0.15, -0.1) is 0 Å². The average Bonchev–Trinajstić information content (AvgIpc) is 2.83. The molecule has 0 spiro atoms. The fraction of sp³-hybridized carbons (Fsp3) is 0.160. The van der Waals surface area contributed by atoms with E-state index in [9.17, 15) is 9.59 Å². The van der Waals surface area contributed by atoms with Crippen molar-refractivity contribution in [2.45, 2.75) is 19.4 Å². The lowest BCUT2D eigenvalue weighted by molar-refractivity contribution is -0.124. The standard InChI is InChI=1S/C25H23BrClN3O4/c1-33-23-13-18(7-10-22(23)34-16-17-5-8-19(26)9-6-17)15-28-30-25(32)12-11-24(31)29-21-4-2-3-20(27)14-21/h2-10,13-15H,11-12,16H2,1H3,(H,29,31)(H,30,32). The maximum absolute atomic E-state index is 12.0. The van der Waals surface area contributed by atoms with Crippen molar-refractivity contribution in [1.29, 1.82) is 0 Å². The average molecular weight is 545 g/mol. The number of nitrogens with one attached hydrogen (secondary N) is 2. The number of rotatable bonds is 10. The van der Waals surface area contributed by atoms with E-state index in [-0.39, 0.29) is 24.7 Å². The Morgan fingerprint density at radius 1 is 1.00 bits per heavy atom. The third-order valence-corrected chi connectivity index (χ3v) is 5.35. The van der Waals surface area contributed by atoms with Crippen molar-refractivity contribution in [3.8, 4) is 11.5 Å². The molecule has 2 amide bonds. The van der Waals surface area contributed by atoms with Crippen molar-refractivity contribution in [1.82, 2.24) is 5.43 Å². The van der Waals surface area contributed by atoms with Gasteiger partial charge in [0.05, 0.1) is 13.3 Å². The number of halogens is 2. The first-order valence-electron chi connectivity index (χ1n) is 10.4. The molecule has 0 radical (unpaired) electrons. The highest BCUT2D eigenvalue weighted by atomic mass is 79.9. The smallest absolute Gasteiger partial charge is 0.240 e. The van der Waals surface area contributed by atoms with Crippen LogP contribution in [-0.4, -0.2) is 25.1 Å². The summed E-state index contributed by atoms with van der Waals surface area (Å²) in [7, 11) is 1.55. The van der Waals surface area contributed by atoms with Crippen LogP contribution in [0.3, 0.4) is 0 Å². The fourth-order valence-corrected chi connectivity index (χ4v) is 3.33. The quantitative estimate of drug-likeness (QED) is 0.258. The molecule has 2 N–H and O–H groups in total. The van der Waals surface area contributed by atoms with Crippen LogP contribution in [0.1, 0.15) is 24.0 Å². The topological polar surface area (TPSA) is 89.0 Å². The molecule has 0 aliphatic rings. The van der Waals surface area contributed by atoms with E-state index in [1.165, 1.54) is 6.21 Å². The molecule has 0 fully saturated rings. The summed E-state index contributed by atoms with van der Waals surface area (Å²) in [5.41, 5.74) is 4.74. The second kappa shape index (κ2) is 12.8. The van der Waals surface area contributed by atoms with E-state index < -0.39 is 0 Å². The minimum Gasteiger partial charge on any atom is -0.493 e. The fourth-order valence-electron chi connectivity index (χ4n) is 2.88. The third kappa shape index (κ3) is 8.20. The Morgan fingerprint density at radius 2 is 1.76 bits per heavy atom. The normalized spacial score (nSPS) is 10.7. The number of hydrogen-bond donors (Lipinski definition) is 2. The van der Waals surface area contributed by atoms with E-state index >= 15 is 0 Å². The number of nitrogens with zero attached hydrogens (tertiary/aromatic N) is 1. The minimum absolute atomic E-state index is 0.00407. The van der Waals surface area contributed by atoms with Crippen LogP contribution in [0.2, 0.25) is 5.02 Å². The van der Waals surface area contributed by atoms with Gasteiger partial charge in [-0.05, 0) is 59.7 Å². The molecule has 0 saturated carbocycles. The zero-order valence-electron chi connectivity index (χ0n) is 18.4. The summed E-state index contributed by atoms with van der Waals surface area (Å²) in [6.07, 6.45) is 1.51.